The van der Waals surface area contributed by atoms with Crippen LogP contribution in [0, 0.1) is 6.92 Å². The van der Waals surface area contributed by atoms with Crippen molar-refractivity contribution in [2.45, 2.75) is 25.4 Å². The largest absolute Gasteiger partial charge is 0.326 e. The van der Waals surface area contributed by atoms with E-state index in [0.29, 0.717) is 5.92 Å². The van der Waals surface area contributed by atoms with E-state index >= 15 is 0 Å². The maximum atomic E-state index is 6.36. The van der Waals surface area contributed by atoms with Crippen molar-refractivity contribution in [3.63, 3.8) is 0 Å². The molecule has 3 rings (SSSR count). The minimum atomic E-state index is 0.237. The molecular weight excluding hydrogens is 244 g/mol. The summed E-state index contributed by atoms with van der Waals surface area (Å²) in [6, 6.07) is 19.6. The van der Waals surface area contributed by atoms with Gasteiger partial charge in [-0.2, -0.15) is 0 Å². The second kappa shape index (κ2) is 5.78. The molecule has 0 amide bonds. The maximum absolute atomic E-state index is 6.36. The van der Waals surface area contributed by atoms with Crippen molar-refractivity contribution in [2.24, 2.45) is 5.73 Å². The number of hydrogen-bond donors (Lipinski definition) is 1. The molecule has 2 N–H and O–H groups in total. The molecule has 1 aliphatic heterocycles. The monoisotopic (exact) mass is 266 g/mol. The molecule has 2 aromatic carbocycles. The summed E-state index contributed by atoms with van der Waals surface area (Å²) in [6.45, 7) is 5.18. The van der Waals surface area contributed by atoms with Crippen LogP contribution in [0.3, 0.4) is 0 Å². The average Bonchev–Trinajstić information content (AvgIpc) is 2.81. The highest BCUT2D eigenvalue weighted by Gasteiger charge is 2.31. The van der Waals surface area contributed by atoms with Crippen LogP contribution in [0.15, 0.2) is 54.6 Å². The summed E-state index contributed by atoms with van der Waals surface area (Å²) in [5.41, 5.74) is 10.4. The Morgan fingerprint density at radius 2 is 1.85 bits per heavy atom. The molecule has 0 aliphatic carbocycles. The van der Waals surface area contributed by atoms with Crippen molar-refractivity contribution < 1.29 is 0 Å². The third-order valence-corrected chi connectivity index (χ3v) is 4.16. The van der Waals surface area contributed by atoms with Gasteiger partial charge < -0.3 is 5.73 Å². The first kappa shape index (κ1) is 13.3. The van der Waals surface area contributed by atoms with Crippen molar-refractivity contribution in [2.75, 3.05) is 13.1 Å². The first-order valence-electron chi connectivity index (χ1n) is 7.31. The number of rotatable bonds is 3. The van der Waals surface area contributed by atoms with Gasteiger partial charge in [0.2, 0.25) is 0 Å². The fourth-order valence-electron chi connectivity index (χ4n) is 3.14. The highest BCUT2D eigenvalue weighted by Crippen LogP contribution is 2.28. The number of nitrogens with zero attached hydrogens (tertiary/aromatic N) is 1. The maximum Gasteiger partial charge on any atom is 0.0250 e. The van der Waals surface area contributed by atoms with Gasteiger partial charge in [-0.05, 0) is 18.1 Å². The summed E-state index contributed by atoms with van der Waals surface area (Å²) >= 11 is 0. The van der Waals surface area contributed by atoms with Gasteiger partial charge in [-0.3, -0.25) is 4.90 Å². The van der Waals surface area contributed by atoms with Gasteiger partial charge in [0.25, 0.3) is 0 Å². The van der Waals surface area contributed by atoms with E-state index in [2.05, 4.69) is 66.4 Å². The Kier molecular flexibility index (Phi) is 3.86. The predicted octanol–water partition coefficient (Wildman–Crippen LogP) is 2.92. The zero-order valence-corrected chi connectivity index (χ0v) is 12.0. The molecular formula is C18H22N2. The molecule has 104 valence electrons. The average molecular weight is 266 g/mol. The molecule has 1 saturated heterocycles. The smallest absolute Gasteiger partial charge is 0.0250 e. The molecule has 0 saturated carbocycles. The molecule has 0 radical (unpaired) electrons. The Labute approximate surface area is 121 Å². The van der Waals surface area contributed by atoms with Gasteiger partial charge in [-0.1, -0.05) is 60.2 Å². The van der Waals surface area contributed by atoms with E-state index in [-0.39, 0.29) is 6.04 Å². The Bertz CT molecular complexity index is 565. The third kappa shape index (κ3) is 2.92. The van der Waals surface area contributed by atoms with Crippen molar-refractivity contribution in [1.82, 2.24) is 4.90 Å². The van der Waals surface area contributed by atoms with Crippen LogP contribution in [0.25, 0.3) is 0 Å². The number of nitrogens with two attached hydrogens (primary N) is 1. The van der Waals surface area contributed by atoms with Crippen LogP contribution in [-0.2, 0) is 6.54 Å². The van der Waals surface area contributed by atoms with Gasteiger partial charge >= 0.3 is 0 Å². The van der Waals surface area contributed by atoms with E-state index in [1.54, 1.807) is 0 Å². The van der Waals surface area contributed by atoms with Crippen LogP contribution < -0.4 is 5.73 Å². The van der Waals surface area contributed by atoms with Crippen molar-refractivity contribution in [3.05, 3.63) is 71.3 Å². The van der Waals surface area contributed by atoms with E-state index in [1.807, 2.05) is 0 Å². The highest BCUT2D eigenvalue weighted by atomic mass is 15.2. The van der Waals surface area contributed by atoms with Crippen LogP contribution in [-0.4, -0.2) is 24.0 Å². The fourth-order valence-corrected chi connectivity index (χ4v) is 3.14. The third-order valence-electron chi connectivity index (χ3n) is 4.16. The van der Waals surface area contributed by atoms with Crippen LogP contribution >= 0.6 is 0 Å². The Balaban J connectivity index is 1.71. The minimum Gasteiger partial charge on any atom is -0.326 e. The van der Waals surface area contributed by atoms with E-state index in [4.69, 9.17) is 5.73 Å². The molecule has 1 fully saturated rings. The van der Waals surface area contributed by atoms with E-state index in [9.17, 15) is 0 Å². The van der Waals surface area contributed by atoms with E-state index in [1.165, 1.54) is 16.7 Å². The Hall–Kier alpha value is -1.64. The first-order valence-corrected chi connectivity index (χ1v) is 7.31. The first-order chi connectivity index (χ1) is 9.72. The highest BCUT2D eigenvalue weighted by molar-refractivity contribution is 5.28. The van der Waals surface area contributed by atoms with E-state index in [0.717, 1.165) is 19.6 Å². The summed E-state index contributed by atoms with van der Waals surface area (Å²) in [5, 5.41) is 0. The fraction of sp³-hybridized carbons (Fsp3) is 0.333. The summed E-state index contributed by atoms with van der Waals surface area (Å²) in [5.74, 6) is 0.457. The van der Waals surface area contributed by atoms with Crippen molar-refractivity contribution >= 4 is 0 Å². The molecule has 2 atom stereocenters. The summed E-state index contributed by atoms with van der Waals surface area (Å²) in [6.07, 6.45) is 0. The second-order valence-corrected chi connectivity index (χ2v) is 5.86. The summed E-state index contributed by atoms with van der Waals surface area (Å²) in [7, 11) is 0. The lowest BCUT2D eigenvalue weighted by molar-refractivity contribution is 0.324. The van der Waals surface area contributed by atoms with Gasteiger partial charge in [0.05, 0.1) is 0 Å². The topological polar surface area (TPSA) is 29.3 Å². The molecule has 2 heteroatoms. The molecule has 20 heavy (non-hydrogen) atoms. The number of likely N-dealkylation sites (tertiary alicyclic amines) is 1. The lowest BCUT2D eigenvalue weighted by Crippen LogP contribution is -2.28. The molecule has 0 spiro atoms. The van der Waals surface area contributed by atoms with Gasteiger partial charge in [0.1, 0.15) is 0 Å². The SMILES string of the molecule is Cc1cccc(C2CN(Cc3ccccc3)CC2N)c1. The Morgan fingerprint density at radius 1 is 1.05 bits per heavy atom. The van der Waals surface area contributed by atoms with Crippen LogP contribution in [0.1, 0.15) is 22.6 Å². The predicted molar refractivity (Wildman–Crippen MR) is 83.6 cm³/mol. The number of benzene rings is 2. The van der Waals surface area contributed by atoms with Gasteiger partial charge in [0.15, 0.2) is 0 Å². The van der Waals surface area contributed by atoms with E-state index < -0.39 is 0 Å². The normalized spacial score (nSPS) is 23.1. The molecule has 1 heterocycles. The van der Waals surface area contributed by atoms with Crippen LogP contribution in [0.2, 0.25) is 0 Å². The molecule has 2 aromatic rings. The van der Waals surface area contributed by atoms with Crippen molar-refractivity contribution in [1.29, 1.82) is 0 Å². The summed E-state index contributed by atoms with van der Waals surface area (Å²) < 4.78 is 0. The molecule has 2 unspecified atom stereocenters. The molecule has 1 aliphatic rings. The van der Waals surface area contributed by atoms with Crippen molar-refractivity contribution in [3.8, 4) is 0 Å². The van der Waals surface area contributed by atoms with Gasteiger partial charge in [-0.25, -0.2) is 0 Å². The summed E-state index contributed by atoms with van der Waals surface area (Å²) in [4.78, 5) is 2.47. The molecule has 0 aromatic heterocycles. The minimum absolute atomic E-state index is 0.237. The van der Waals surface area contributed by atoms with Crippen LogP contribution in [0.5, 0.6) is 0 Å². The molecule has 2 nitrogen and oxygen atoms in total. The molecule has 0 bridgehead atoms. The van der Waals surface area contributed by atoms with Gasteiger partial charge in [-0.15, -0.1) is 0 Å². The zero-order chi connectivity index (χ0) is 13.9. The Morgan fingerprint density at radius 3 is 2.60 bits per heavy atom. The quantitative estimate of drug-likeness (QED) is 0.925. The standard InChI is InChI=1S/C18H22N2/c1-14-6-5-9-16(10-14)17-12-20(13-18(17)19)11-15-7-3-2-4-8-15/h2-10,17-18H,11-13,19H2,1H3. The number of aryl methyl sites for hydroxylation is 1. The second-order valence-electron chi connectivity index (χ2n) is 5.86. The lowest BCUT2D eigenvalue weighted by Gasteiger charge is -2.16. The zero-order valence-electron chi connectivity index (χ0n) is 12.0. The number of hydrogen-bond acceptors (Lipinski definition) is 2. The lowest BCUT2D eigenvalue weighted by atomic mass is 9.94. The van der Waals surface area contributed by atoms with Crippen LogP contribution in [0.4, 0.5) is 0 Å². The van der Waals surface area contributed by atoms with Gasteiger partial charge in [0, 0.05) is 31.6 Å².